The lowest BCUT2D eigenvalue weighted by molar-refractivity contribution is -0.131. The number of hydrogen-bond acceptors (Lipinski definition) is 3. The highest BCUT2D eigenvalue weighted by molar-refractivity contribution is 9.10. The minimum absolute atomic E-state index is 0.0369. The fourth-order valence-electron chi connectivity index (χ4n) is 2.10. The Kier molecular flexibility index (Phi) is 4.47. The number of aliphatic hydroxyl groups is 1. The number of halogens is 1. The molecule has 0 aromatic heterocycles. The smallest absolute Gasteiger partial charge is 0.226 e. The van der Waals surface area contributed by atoms with Gasteiger partial charge in [0.05, 0.1) is 18.6 Å². The standard InChI is InChI=1S/C14H18BrNO3/c1-14(18)7-8-16(10-14)13(17)6-9-19-12-4-2-11(15)3-5-12/h2-5,18H,6-10H2,1H3. The van der Waals surface area contributed by atoms with Gasteiger partial charge in [0.15, 0.2) is 0 Å². The predicted octanol–water partition coefficient (Wildman–Crippen LogP) is 2.20. The van der Waals surface area contributed by atoms with Gasteiger partial charge in [-0.05, 0) is 37.6 Å². The maximum absolute atomic E-state index is 11.9. The van der Waals surface area contributed by atoms with E-state index in [1.165, 1.54) is 0 Å². The molecule has 4 nitrogen and oxygen atoms in total. The second kappa shape index (κ2) is 5.92. The first-order chi connectivity index (χ1) is 8.96. The Balaban J connectivity index is 1.74. The van der Waals surface area contributed by atoms with E-state index in [1.807, 2.05) is 24.3 Å². The maximum atomic E-state index is 11.9. The summed E-state index contributed by atoms with van der Waals surface area (Å²) in [6.07, 6.45) is 0.985. The summed E-state index contributed by atoms with van der Waals surface area (Å²) < 4.78 is 6.51. The van der Waals surface area contributed by atoms with Crippen molar-refractivity contribution in [2.24, 2.45) is 0 Å². The van der Waals surface area contributed by atoms with Crippen LogP contribution in [-0.2, 0) is 4.79 Å². The molecule has 1 heterocycles. The molecule has 1 saturated heterocycles. The number of nitrogens with zero attached hydrogens (tertiary/aromatic N) is 1. The zero-order chi connectivity index (χ0) is 13.9. The molecular formula is C14H18BrNO3. The van der Waals surface area contributed by atoms with Gasteiger partial charge in [-0.1, -0.05) is 15.9 Å². The lowest BCUT2D eigenvalue weighted by atomic mass is 10.1. The highest BCUT2D eigenvalue weighted by Crippen LogP contribution is 2.21. The summed E-state index contributed by atoms with van der Waals surface area (Å²) in [5.74, 6) is 0.791. The summed E-state index contributed by atoms with van der Waals surface area (Å²) in [4.78, 5) is 13.6. The molecule has 2 rings (SSSR count). The van der Waals surface area contributed by atoms with Gasteiger partial charge in [-0.3, -0.25) is 4.79 Å². The van der Waals surface area contributed by atoms with E-state index in [-0.39, 0.29) is 5.91 Å². The number of rotatable bonds is 4. The number of hydrogen-bond donors (Lipinski definition) is 1. The molecule has 0 saturated carbocycles. The van der Waals surface area contributed by atoms with E-state index in [9.17, 15) is 9.90 Å². The average molecular weight is 328 g/mol. The SMILES string of the molecule is CC1(O)CCN(C(=O)CCOc2ccc(Br)cc2)C1. The summed E-state index contributed by atoms with van der Waals surface area (Å²) in [6.45, 7) is 3.17. The van der Waals surface area contributed by atoms with Crippen LogP contribution in [0.1, 0.15) is 19.8 Å². The van der Waals surface area contributed by atoms with Gasteiger partial charge in [-0.15, -0.1) is 0 Å². The Morgan fingerprint density at radius 1 is 1.47 bits per heavy atom. The normalized spacial score (nSPS) is 22.6. The van der Waals surface area contributed by atoms with E-state index in [1.54, 1.807) is 11.8 Å². The molecule has 0 radical (unpaired) electrons. The van der Waals surface area contributed by atoms with Crippen LogP contribution in [0.15, 0.2) is 28.7 Å². The fourth-order valence-corrected chi connectivity index (χ4v) is 2.37. The van der Waals surface area contributed by atoms with Crippen molar-refractivity contribution in [2.75, 3.05) is 19.7 Å². The predicted molar refractivity (Wildman–Crippen MR) is 76.1 cm³/mol. The van der Waals surface area contributed by atoms with Gasteiger partial charge in [-0.25, -0.2) is 0 Å². The molecule has 104 valence electrons. The molecule has 1 unspecified atom stereocenters. The van der Waals surface area contributed by atoms with E-state index >= 15 is 0 Å². The first-order valence-corrected chi connectivity index (χ1v) is 7.14. The highest BCUT2D eigenvalue weighted by atomic mass is 79.9. The van der Waals surface area contributed by atoms with Crippen molar-refractivity contribution in [3.05, 3.63) is 28.7 Å². The van der Waals surface area contributed by atoms with Crippen molar-refractivity contribution in [3.8, 4) is 5.75 Å². The summed E-state index contributed by atoms with van der Waals surface area (Å²) >= 11 is 3.35. The molecule has 1 atom stereocenters. The zero-order valence-corrected chi connectivity index (χ0v) is 12.5. The lowest BCUT2D eigenvalue weighted by Gasteiger charge is -2.19. The third kappa shape index (κ3) is 4.21. The van der Waals surface area contributed by atoms with Crippen molar-refractivity contribution in [2.45, 2.75) is 25.4 Å². The maximum Gasteiger partial charge on any atom is 0.226 e. The molecular weight excluding hydrogens is 310 g/mol. The summed E-state index contributed by atoms with van der Waals surface area (Å²) in [5.41, 5.74) is -0.734. The van der Waals surface area contributed by atoms with Crippen molar-refractivity contribution < 1.29 is 14.6 Å². The largest absolute Gasteiger partial charge is 0.493 e. The number of carbonyl (C=O) groups excluding carboxylic acids is 1. The number of amides is 1. The van der Waals surface area contributed by atoms with Gasteiger partial charge in [0.2, 0.25) is 5.91 Å². The summed E-state index contributed by atoms with van der Waals surface area (Å²) in [7, 11) is 0. The van der Waals surface area contributed by atoms with Gasteiger partial charge >= 0.3 is 0 Å². The van der Waals surface area contributed by atoms with E-state index in [0.717, 1.165) is 10.2 Å². The number of β-amino-alcohol motifs (C(OH)–C–C–N with tert-alkyl or cyclic N) is 1. The van der Waals surface area contributed by atoms with Crippen molar-refractivity contribution in [1.29, 1.82) is 0 Å². The van der Waals surface area contributed by atoms with Crippen LogP contribution in [0.3, 0.4) is 0 Å². The molecule has 0 aliphatic carbocycles. The quantitative estimate of drug-likeness (QED) is 0.922. The monoisotopic (exact) mass is 327 g/mol. The number of ether oxygens (including phenoxy) is 1. The van der Waals surface area contributed by atoms with Crippen LogP contribution in [-0.4, -0.2) is 41.2 Å². The number of likely N-dealkylation sites (tertiary alicyclic amines) is 1. The molecule has 19 heavy (non-hydrogen) atoms. The summed E-state index contributed by atoms with van der Waals surface area (Å²) in [5, 5.41) is 9.81. The van der Waals surface area contributed by atoms with Crippen LogP contribution in [0.4, 0.5) is 0 Å². The van der Waals surface area contributed by atoms with Gasteiger partial charge < -0.3 is 14.7 Å². The third-order valence-corrected chi connectivity index (χ3v) is 3.73. The molecule has 1 aliphatic heterocycles. The molecule has 0 bridgehead atoms. The molecule has 1 aromatic carbocycles. The molecule has 5 heteroatoms. The molecule has 1 fully saturated rings. The minimum atomic E-state index is -0.734. The van der Waals surface area contributed by atoms with Crippen LogP contribution >= 0.6 is 15.9 Å². The van der Waals surface area contributed by atoms with Crippen molar-refractivity contribution in [1.82, 2.24) is 4.90 Å². The Morgan fingerprint density at radius 2 is 2.16 bits per heavy atom. The molecule has 0 spiro atoms. The van der Waals surface area contributed by atoms with E-state index in [4.69, 9.17) is 4.74 Å². The van der Waals surface area contributed by atoms with Crippen LogP contribution in [0.2, 0.25) is 0 Å². The van der Waals surface area contributed by atoms with Gasteiger partial charge in [0, 0.05) is 17.6 Å². The average Bonchev–Trinajstić information content (AvgIpc) is 2.72. The second-order valence-electron chi connectivity index (χ2n) is 5.11. The van der Waals surface area contributed by atoms with Crippen molar-refractivity contribution >= 4 is 21.8 Å². The lowest BCUT2D eigenvalue weighted by Crippen LogP contribution is -2.34. The van der Waals surface area contributed by atoms with E-state index < -0.39 is 5.60 Å². The van der Waals surface area contributed by atoms with E-state index in [2.05, 4.69) is 15.9 Å². The summed E-state index contributed by atoms with van der Waals surface area (Å²) in [6, 6.07) is 7.51. The Hall–Kier alpha value is -1.07. The Morgan fingerprint density at radius 3 is 2.74 bits per heavy atom. The fraction of sp³-hybridized carbons (Fsp3) is 0.500. The topological polar surface area (TPSA) is 49.8 Å². The van der Waals surface area contributed by atoms with Crippen LogP contribution in [0.5, 0.6) is 5.75 Å². The van der Waals surface area contributed by atoms with E-state index in [0.29, 0.717) is 32.5 Å². The molecule has 1 aliphatic rings. The number of carbonyl (C=O) groups is 1. The van der Waals surface area contributed by atoms with Gasteiger partial charge in [0.1, 0.15) is 5.75 Å². The molecule has 1 amide bonds. The van der Waals surface area contributed by atoms with Gasteiger partial charge in [-0.2, -0.15) is 0 Å². The Labute approximate surface area is 121 Å². The third-order valence-electron chi connectivity index (χ3n) is 3.20. The highest BCUT2D eigenvalue weighted by Gasteiger charge is 2.33. The second-order valence-corrected chi connectivity index (χ2v) is 6.03. The van der Waals surface area contributed by atoms with Crippen LogP contribution in [0.25, 0.3) is 0 Å². The van der Waals surface area contributed by atoms with Crippen molar-refractivity contribution in [3.63, 3.8) is 0 Å². The number of benzene rings is 1. The molecule has 1 aromatic rings. The first kappa shape index (κ1) is 14.3. The van der Waals surface area contributed by atoms with Crippen LogP contribution < -0.4 is 4.74 Å². The van der Waals surface area contributed by atoms with Gasteiger partial charge in [0.25, 0.3) is 0 Å². The Bertz CT molecular complexity index is 445. The molecule has 1 N–H and O–H groups in total. The zero-order valence-electron chi connectivity index (χ0n) is 10.9. The van der Waals surface area contributed by atoms with Crippen LogP contribution in [0, 0.1) is 0 Å². The minimum Gasteiger partial charge on any atom is -0.493 e. The first-order valence-electron chi connectivity index (χ1n) is 6.35.